The standard InChI is InChI=1S/C17H19N7/c1-11-15(12(2)23-22-11)9-24-4-3-16-14(8-24)7-20-17(21-16)13-5-18-10-19-6-13/h5-7,10H,3-4,8-9H2,1-2H3,(H,22,23). The predicted molar refractivity (Wildman–Crippen MR) is 88.9 cm³/mol. The van der Waals surface area contributed by atoms with Crippen molar-refractivity contribution in [1.29, 1.82) is 0 Å². The largest absolute Gasteiger partial charge is 0.294 e. The molecular weight excluding hydrogens is 302 g/mol. The molecule has 4 rings (SSSR count). The number of aromatic amines is 1. The number of nitrogens with zero attached hydrogens (tertiary/aromatic N) is 6. The van der Waals surface area contributed by atoms with Crippen molar-refractivity contribution in [2.75, 3.05) is 6.54 Å². The first kappa shape index (κ1) is 14.9. The van der Waals surface area contributed by atoms with Crippen LogP contribution in [0.15, 0.2) is 24.9 Å². The lowest BCUT2D eigenvalue weighted by molar-refractivity contribution is 0.242. The van der Waals surface area contributed by atoms with E-state index in [0.29, 0.717) is 5.82 Å². The molecule has 4 heterocycles. The van der Waals surface area contributed by atoms with Gasteiger partial charge in [-0.1, -0.05) is 0 Å². The Morgan fingerprint density at radius 3 is 2.75 bits per heavy atom. The van der Waals surface area contributed by atoms with E-state index in [-0.39, 0.29) is 0 Å². The lowest BCUT2D eigenvalue weighted by Gasteiger charge is -2.28. The number of aromatic nitrogens is 6. The second-order valence-electron chi connectivity index (χ2n) is 6.17. The van der Waals surface area contributed by atoms with E-state index in [2.05, 4.69) is 37.0 Å². The highest BCUT2D eigenvalue weighted by atomic mass is 15.2. The van der Waals surface area contributed by atoms with Gasteiger partial charge in [-0.05, 0) is 13.8 Å². The molecule has 7 heteroatoms. The summed E-state index contributed by atoms with van der Waals surface area (Å²) in [4.78, 5) is 19.7. The quantitative estimate of drug-likeness (QED) is 0.792. The van der Waals surface area contributed by atoms with Crippen molar-refractivity contribution in [2.24, 2.45) is 0 Å². The number of hydrogen-bond donors (Lipinski definition) is 1. The van der Waals surface area contributed by atoms with Crippen molar-refractivity contribution in [3.05, 3.63) is 53.1 Å². The molecular formula is C17H19N7. The summed E-state index contributed by atoms with van der Waals surface area (Å²) in [6.45, 7) is 6.88. The van der Waals surface area contributed by atoms with Crippen molar-refractivity contribution in [2.45, 2.75) is 33.4 Å². The van der Waals surface area contributed by atoms with Gasteiger partial charge in [-0.15, -0.1) is 0 Å². The molecule has 0 atom stereocenters. The summed E-state index contributed by atoms with van der Waals surface area (Å²) < 4.78 is 0. The third-order valence-electron chi connectivity index (χ3n) is 4.49. The molecule has 7 nitrogen and oxygen atoms in total. The SMILES string of the molecule is Cc1n[nH]c(C)c1CN1CCc2nc(-c3cncnc3)ncc2C1. The highest BCUT2D eigenvalue weighted by Gasteiger charge is 2.20. The molecule has 0 saturated heterocycles. The smallest absolute Gasteiger partial charge is 0.162 e. The molecule has 0 fully saturated rings. The highest BCUT2D eigenvalue weighted by molar-refractivity contribution is 5.52. The Hall–Kier alpha value is -2.67. The van der Waals surface area contributed by atoms with Gasteiger partial charge in [0.2, 0.25) is 0 Å². The van der Waals surface area contributed by atoms with Crippen LogP contribution in [0.3, 0.4) is 0 Å². The molecule has 0 spiro atoms. The second kappa shape index (κ2) is 6.09. The van der Waals surface area contributed by atoms with Crippen LogP contribution in [-0.2, 0) is 19.5 Å². The van der Waals surface area contributed by atoms with E-state index in [0.717, 1.165) is 48.7 Å². The van der Waals surface area contributed by atoms with Gasteiger partial charge in [-0.3, -0.25) is 10.00 Å². The summed E-state index contributed by atoms with van der Waals surface area (Å²) in [7, 11) is 0. The van der Waals surface area contributed by atoms with E-state index in [1.807, 2.05) is 13.1 Å². The monoisotopic (exact) mass is 321 g/mol. The number of rotatable bonds is 3. The van der Waals surface area contributed by atoms with E-state index in [9.17, 15) is 0 Å². The third-order valence-corrected chi connectivity index (χ3v) is 4.49. The fourth-order valence-electron chi connectivity index (χ4n) is 3.09. The summed E-state index contributed by atoms with van der Waals surface area (Å²) in [6.07, 6.45) is 7.86. The Bertz CT molecular complexity index is 837. The number of H-pyrrole nitrogens is 1. The van der Waals surface area contributed by atoms with E-state index < -0.39 is 0 Å². The molecule has 0 bridgehead atoms. The zero-order valence-electron chi connectivity index (χ0n) is 13.8. The molecule has 0 amide bonds. The van der Waals surface area contributed by atoms with E-state index in [1.165, 1.54) is 17.5 Å². The van der Waals surface area contributed by atoms with Crippen LogP contribution in [0.5, 0.6) is 0 Å². The Labute approximate surface area is 140 Å². The fraction of sp³-hybridized carbons (Fsp3) is 0.353. The van der Waals surface area contributed by atoms with Crippen LogP contribution in [0, 0.1) is 13.8 Å². The van der Waals surface area contributed by atoms with Crippen LogP contribution in [0.4, 0.5) is 0 Å². The van der Waals surface area contributed by atoms with Crippen LogP contribution < -0.4 is 0 Å². The molecule has 122 valence electrons. The average molecular weight is 321 g/mol. The minimum Gasteiger partial charge on any atom is -0.294 e. The summed E-state index contributed by atoms with van der Waals surface area (Å²) in [5.74, 6) is 0.698. The van der Waals surface area contributed by atoms with Crippen LogP contribution in [0.2, 0.25) is 0 Å². The van der Waals surface area contributed by atoms with Gasteiger partial charge in [0.15, 0.2) is 5.82 Å². The van der Waals surface area contributed by atoms with Gasteiger partial charge in [-0.25, -0.2) is 19.9 Å². The molecule has 0 unspecified atom stereocenters. The number of aryl methyl sites for hydroxylation is 2. The highest BCUT2D eigenvalue weighted by Crippen LogP contribution is 2.22. The zero-order chi connectivity index (χ0) is 16.5. The lowest BCUT2D eigenvalue weighted by Crippen LogP contribution is -2.31. The van der Waals surface area contributed by atoms with Crippen molar-refractivity contribution in [3.8, 4) is 11.4 Å². The number of fused-ring (bicyclic) bond motifs is 1. The van der Waals surface area contributed by atoms with Crippen LogP contribution in [0.25, 0.3) is 11.4 Å². The Morgan fingerprint density at radius 2 is 2.00 bits per heavy atom. The van der Waals surface area contributed by atoms with Crippen molar-refractivity contribution in [3.63, 3.8) is 0 Å². The number of nitrogens with one attached hydrogen (secondary N) is 1. The van der Waals surface area contributed by atoms with Gasteiger partial charge in [0, 0.05) is 61.5 Å². The van der Waals surface area contributed by atoms with Gasteiger partial charge < -0.3 is 0 Å². The van der Waals surface area contributed by atoms with Crippen LogP contribution in [-0.4, -0.2) is 41.6 Å². The van der Waals surface area contributed by atoms with Gasteiger partial charge in [0.05, 0.1) is 17.0 Å². The molecule has 1 aliphatic rings. The maximum atomic E-state index is 4.71. The van der Waals surface area contributed by atoms with Crippen LogP contribution in [0.1, 0.15) is 28.2 Å². The fourth-order valence-corrected chi connectivity index (χ4v) is 3.09. The molecule has 0 aromatic carbocycles. The van der Waals surface area contributed by atoms with Gasteiger partial charge in [0.1, 0.15) is 6.33 Å². The topological polar surface area (TPSA) is 83.5 Å². The van der Waals surface area contributed by atoms with Crippen molar-refractivity contribution in [1.82, 2.24) is 35.0 Å². The number of hydrogen-bond acceptors (Lipinski definition) is 6. The predicted octanol–water partition coefficient (Wildman–Crippen LogP) is 1.83. The summed E-state index contributed by atoms with van der Waals surface area (Å²) in [5.41, 5.74) is 6.69. The maximum absolute atomic E-state index is 4.71. The first-order chi connectivity index (χ1) is 11.7. The lowest BCUT2D eigenvalue weighted by atomic mass is 10.1. The van der Waals surface area contributed by atoms with Gasteiger partial charge >= 0.3 is 0 Å². The van der Waals surface area contributed by atoms with Crippen LogP contribution >= 0.6 is 0 Å². The molecule has 1 aliphatic heterocycles. The molecule has 24 heavy (non-hydrogen) atoms. The Kier molecular flexibility index (Phi) is 3.78. The second-order valence-corrected chi connectivity index (χ2v) is 6.17. The average Bonchev–Trinajstić information content (AvgIpc) is 2.94. The molecule has 3 aromatic heterocycles. The maximum Gasteiger partial charge on any atom is 0.162 e. The summed E-state index contributed by atoms with van der Waals surface area (Å²) in [5, 5.41) is 7.34. The van der Waals surface area contributed by atoms with E-state index >= 15 is 0 Å². The molecule has 0 radical (unpaired) electrons. The normalized spacial score (nSPS) is 14.6. The molecule has 0 aliphatic carbocycles. The molecule has 1 N–H and O–H groups in total. The van der Waals surface area contributed by atoms with Crippen molar-refractivity contribution < 1.29 is 0 Å². The Morgan fingerprint density at radius 1 is 1.17 bits per heavy atom. The summed E-state index contributed by atoms with van der Waals surface area (Å²) >= 11 is 0. The minimum atomic E-state index is 0.698. The van der Waals surface area contributed by atoms with Crippen molar-refractivity contribution >= 4 is 0 Å². The molecule has 3 aromatic rings. The first-order valence-corrected chi connectivity index (χ1v) is 8.03. The Balaban J connectivity index is 1.54. The zero-order valence-corrected chi connectivity index (χ0v) is 13.8. The summed E-state index contributed by atoms with van der Waals surface area (Å²) in [6, 6.07) is 0. The van der Waals surface area contributed by atoms with E-state index in [4.69, 9.17) is 4.98 Å². The van der Waals surface area contributed by atoms with E-state index in [1.54, 1.807) is 12.4 Å². The molecule has 0 saturated carbocycles. The van der Waals surface area contributed by atoms with Gasteiger partial charge in [-0.2, -0.15) is 5.10 Å². The minimum absolute atomic E-state index is 0.698. The first-order valence-electron chi connectivity index (χ1n) is 8.03. The third kappa shape index (κ3) is 2.78. The van der Waals surface area contributed by atoms with Gasteiger partial charge in [0.25, 0.3) is 0 Å².